The number of nitrogens with one attached hydrogen (secondary N) is 1. The van der Waals surface area contributed by atoms with Crippen LogP contribution in [0.5, 0.6) is 0 Å². The van der Waals surface area contributed by atoms with Crippen molar-refractivity contribution >= 4 is 0 Å². The molecule has 4 heteroatoms. The average molecular weight is 191 g/mol. The van der Waals surface area contributed by atoms with Gasteiger partial charge in [-0.1, -0.05) is 0 Å². The monoisotopic (exact) mass is 191 g/mol. The third-order valence-electron chi connectivity index (χ3n) is 2.07. The first kappa shape index (κ1) is 9.02. The van der Waals surface area contributed by atoms with E-state index in [9.17, 15) is 0 Å². The lowest BCUT2D eigenvalue weighted by Crippen LogP contribution is -2.04. The van der Waals surface area contributed by atoms with Crippen molar-refractivity contribution in [3.63, 3.8) is 0 Å². The number of hydrogen-bond acceptors (Lipinski definition) is 3. The molecule has 0 aliphatic rings. The second kappa shape index (κ2) is 3.67. The predicted octanol–water partition coefficient (Wildman–Crippen LogP) is 1.40. The Labute approximate surface area is 82.5 Å². The molecule has 0 unspecified atom stereocenters. The Hall–Kier alpha value is -1.55. The van der Waals surface area contributed by atoms with Crippen molar-refractivity contribution < 1.29 is 4.42 Å². The molecule has 0 fully saturated rings. The molecule has 0 saturated heterocycles. The molecule has 0 saturated carbocycles. The van der Waals surface area contributed by atoms with E-state index >= 15 is 0 Å². The number of aromatic nitrogens is 2. The Morgan fingerprint density at radius 3 is 3.07 bits per heavy atom. The van der Waals surface area contributed by atoms with E-state index in [4.69, 9.17) is 4.42 Å². The quantitative estimate of drug-likeness (QED) is 0.797. The molecule has 2 aromatic rings. The van der Waals surface area contributed by atoms with Crippen molar-refractivity contribution in [2.24, 2.45) is 7.05 Å². The first-order valence-corrected chi connectivity index (χ1v) is 4.51. The third kappa shape index (κ3) is 1.56. The summed E-state index contributed by atoms with van der Waals surface area (Å²) in [6.07, 6.45) is 5.38. The number of aryl methyl sites for hydroxylation is 1. The molecule has 14 heavy (non-hydrogen) atoms. The van der Waals surface area contributed by atoms with E-state index in [1.807, 2.05) is 31.0 Å². The molecule has 2 rings (SSSR count). The van der Waals surface area contributed by atoms with Crippen LogP contribution in [-0.4, -0.2) is 16.8 Å². The number of furan rings is 1. The predicted molar refractivity (Wildman–Crippen MR) is 53.7 cm³/mol. The molecule has 0 bridgehead atoms. The van der Waals surface area contributed by atoms with E-state index in [-0.39, 0.29) is 0 Å². The number of hydrogen-bond donors (Lipinski definition) is 1. The Kier molecular flexibility index (Phi) is 2.37. The molecule has 0 atom stereocenters. The van der Waals surface area contributed by atoms with E-state index in [0.717, 1.165) is 17.8 Å². The number of nitrogens with zero attached hydrogens (tertiary/aromatic N) is 2. The van der Waals surface area contributed by atoms with Crippen LogP contribution in [0.2, 0.25) is 0 Å². The highest BCUT2D eigenvalue weighted by atomic mass is 16.3. The van der Waals surface area contributed by atoms with Crippen LogP contribution in [0.3, 0.4) is 0 Å². The van der Waals surface area contributed by atoms with E-state index < -0.39 is 0 Å². The molecule has 0 aliphatic carbocycles. The van der Waals surface area contributed by atoms with Crippen LogP contribution in [0, 0.1) is 0 Å². The van der Waals surface area contributed by atoms with E-state index in [1.54, 1.807) is 12.5 Å². The average Bonchev–Trinajstić information content (AvgIpc) is 2.74. The topological polar surface area (TPSA) is 43.0 Å². The lowest BCUT2D eigenvalue weighted by molar-refractivity contribution is 0.568. The summed E-state index contributed by atoms with van der Waals surface area (Å²) >= 11 is 0. The summed E-state index contributed by atoms with van der Waals surface area (Å²) in [4.78, 5) is 0. The molecule has 2 heterocycles. The fourth-order valence-corrected chi connectivity index (χ4v) is 1.50. The van der Waals surface area contributed by atoms with Gasteiger partial charge in [-0.15, -0.1) is 0 Å². The second-order valence-electron chi connectivity index (χ2n) is 3.22. The Morgan fingerprint density at radius 2 is 2.43 bits per heavy atom. The highest BCUT2D eigenvalue weighted by molar-refractivity contribution is 5.61. The summed E-state index contributed by atoms with van der Waals surface area (Å²) in [6.45, 7) is 0.814. The lowest BCUT2D eigenvalue weighted by Gasteiger charge is -1.97. The highest BCUT2D eigenvalue weighted by Gasteiger charge is 2.09. The zero-order chi connectivity index (χ0) is 9.97. The minimum Gasteiger partial charge on any atom is -0.472 e. The van der Waals surface area contributed by atoms with Crippen molar-refractivity contribution in [3.05, 3.63) is 30.4 Å². The van der Waals surface area contributed by atoms with Gasteiger partial charge in [-0.3, -0.25) is 4.68 Å². The standard InChI is InChI=1S/C10H13N3O/c1-11-5-9-6-13(2)12-10(9)8-3-4-14-7-8/h3-4,6-7,11H,5H2,1-2H3. The molecule has 0 aromatic carbocycles. The van der Waals surface area contributed by atoms with Gasteiger partial charge in [-0.05, 0) is 13.1 Å². The normalized spacial score (nSPS) is 10.7. The largest absolute Gasteiger partial charge is 0.472 e. The van der Waals surface area contributed by atoms with Crippen LogP contribution >= 0.6 is 0 Å². The maximum atomic E-state index is 5.04. The van der Waals surface area contributed by atoms with Crippen molar-refractivity contribution in [2.75, 3.05) is 7.05 Å². The van der Waals surface area contributed by atoms with Gasteiger partial charge in [0.05, 0.1) is 18.2 Å². The smallest absolute Gasteiger partial charge is 0.1000 e. The maximum absolute atomic E-state index is 5.04. The molecule has 4 nitrogen and oxygen atoms in total. The number of rotatable bonds is 3. The van der Waals surface area contributed by atoms with Crippen molar-refractivity contribution in [1.29, 1.82) is 0 Å². The van der Waals surface area contributed by atoms with E-state index in [1.165, 1.54) is 5.56 Å². The fourth-order valence-electron chi connectivity index (χ4n) is 1.50. The second-order valence-corrected chi connectivity index (χ2v) is 3.22. The molecule has 0 aliphatic heterocycles. The SMILES string of the molecule is CNCc1cn(C)nc1-c1ccoc1. The van der Waals surface area contributed by atoms with Crippen LogP contribution in [0.4, 0.5) is 0 Å². The van der Waals surface area contributed by atoms with Gasteiger partial charge in [0, 0.05) is 30.9 Å². The zero-order valence-corrected chi connectivity index (χ0v) is 8.32. The zero-order valence-electron chi connectivity index (χ0n) is 8.32. The van der Waals surface area contributed by atoms with Crippen molar-refractivity contribution in [3.8, 4) is 11.3 Å². The van der Waals surface area contributed by atoms with Gasteiger partial charge in [0.15, 0.2) is 0 Å². The molecule has 2 aromatic heterocycles. The van der Waals surface area contributed by atoms with Crippen LogP contribution in [0.1, 0.15) is 5.56 Å². The Bertz CT molecular complexity index is 403. The summed E-state index contributed by atoms with van der Waals surface area (Å²) in [5, 5.41) is 7.50. The van der Waals surface area contributed by atoms with Gasteiger partial charge >= 0.3 is 0 Å². The van der Waals surface area contributed by atoms with E-state index in [0.29, 0.717) is 0 Å². The van der Waals surface area contributed by atoms with Crippen LogP contribution in [-0.2, 0) is 13.6 Å². The molecule has 74 valence electrons. The van der Waals surface area contributed by atoms with Gasteiger partial charge in [-0.2, -0.15) is 5.10 Å². The van der Waals surface area contributed by atoms with Gasteiger partial charge in [0.1, 0.15) is 0 Å². The summed E-state index contributed by atoms with van der Waals surface area (Å²) in [7, 11) is 3.84. The summed E-state index contributed by atoms with van der Waals surface area (Å²) in [5.74, 6) is 0. The van der Waals surface area contributed by atoms with Crippen molar-refractivity contribution in [2.45, 2.75) is 6.54 Å². The molecule has 0 amide bonds. The molecule has 0 spiro atoms. The summed E-state index contributed by atoms with van der Waals surface area (Å²) in [5.41, 5.74) is 3.18. The lowest BCUT2D eigenvalue weighted by atomic mass is 10.1. The minimum absolute atomic E-state index is 0.814. The maximum Gasteiger partial charge on any atom is 0.1000 e. The fraction of sp³-hybridized carbons (Fsp3) is 0.300. The van der Waals surface area contributed by atoms with Gasteiger partial charge < -0.3 is 9.73 Å². The third-order valence-corrected chi connectivity index (χ3v) is 2.07. The van der Waals surface area contributed by atoms with Gasteiger partial charge in [-0.25, -0.2) is 0 Å². The molecule has 0 radical (unpaired) electrons. The highest BCUT2D eigenvalue weighted by Crippen LogP contribution is 2.21. The van der Waals surface area contributed by atoms with E-state index in [2.05, 4.69) is 10.4 Å². The van der Waals surface area contributed by atoms with Crippen LogP contribution < -0.4 is 5.32 Å². The summed E-state index contributed by atoms with van der Waals surface area (Å²) < 4.78 is 6.86. The van der Waals surface area contributed by atoms with Crippen LogP contribution in [0.15, 0.2) is 29.2 Å². The first-order chi connectivity index (χ1) is 6.81. The van der Waals surface area contributed by atoms with Gasteiger partial charge in [0.25, 0.3) is 0 Å². The first-order valence-electron chi connectivity index (χ1n) is 4.51. The molecular weight excluding hydrogens is 178 g/mol. The summed E-state index contributed by atoms with van der Waals surface area (Å²) in [6, 6.07) is 1.92. The molecule has 1 N–H and O–H groups in total. The van der Waals surface area contributed by atoms with Crippen molar-refractivity contribution in [1.82, 2.24) is 15.1 Å². The van der Waals surface area contributed by atoms with Gasteiger partial charge in [0.2, 0.25) is 0 Å². The Balaban J connectivity index is 2.41. The Morgan fingerprint density at radius 1 is 1.57 bits per heavy atom. The van der Waals surface area contributed by atoms with Crippen LogP contribution in [0.25, 0.3) is 11.3 Å². The molecular formula is C10H13N3O. The minimum atomic E-state index is 0.814.